The van der Waals surface area contributed by atoms with Gasteiger partial charge in [0.2, 0.25) is 0 Å². The highest BCUT2D eigenvalue weighted by Crippen LogP contribution is 2.15. The first kappa shape index (κ1) is 13.9. The lowest BCUT2D eigenvalue weighted by Gasteiger charge is -2.32. The van der Waals surface area contributed by atoms with E-state index in [1.807, 2.05) is 0 Å². The number of aliphatic hydroxyl groups excluding tert-OH is 1. The van der Waals surface area contributed by atoms with Gasteiger partial charge >= 0.3 is 0 Å². The van der Waals surface area contributed by atoms with Crippen molar-refractivity contribution in [3.05, 3.63) is 0 Å². The molecule has 0 spiro atoms. The summed E-state index contributed by atoms with van der Waals surface area (Å²) in [5, 5.41) is 8.98. The van der Waals surface area contributed by atoms with E-state index in [-0.39, 0.29) is 6.61 Å². The fraction of sp³-hybridized carbons (Fsp3) is 1.00. The van der Waals surface area contributed by atoms with E-state index in [9.17, 15) is 0 Å². The smallest absolute Gasteiger partial charge is 0.0558 e. The Balaban J connectivity index is 2.15. The molecule has 1 rings (SSSR count). The molecule has 3 heteroatoms. The summed E-state index contributed by atoms with van der Waals surface area (Å²) < 4.78 is 0. The van der Waals surface area contributed by atoms with Crippen LogP contribution >= 0.6 is 0 Å². The van der Waals surface area contributed by atoms with Gasteiger partial charge in [0, 0.05) is 19.6 Å². The molecular weight excluding hydrogens is 200 g/mol. The zero-order chi connectivity index (χ0) is 11.8. The standard InChI is InChI=1S/C13H28N2O/c1-3-6-14(11-12-16)9-10-15-7-4-13(2)5-8-15/h13,16H,3-12H2,1-2H3. The van der Waals surface area contributed by atoms with Crippen LogP contribution in [0, 0.1) is 5.92 Å². The van der Waals surface area contributed by atoms with Crippen LogP contribution in [0.4, 0.5) is 0 Å². The Labute approximate surface area is 100 Å². The van der Waals surface area contributed by atoms with Gasteiger partial charge in [-0.1, -0.05) is 13.8 Å². The van der Waals surface area contributed by atoms with Crippen molar-refractivity contribution in [2.45, 2.75) is 33.1 Å². The molecule has 96 valence electrons. The summed E-state index contributed by atoms with van der Waals surface area (Å²) in [6.45, 7) is 11.6. The lowest BCUT2D eigenvalue weighted by Crippen LogP contribution is -2.40. The van der Waals surface area contributed by atoms with Crippen LogP contribution in [0.15, 0.2) is 0 Å². The van der Waals surface area contributed by atoms with Crippen LogP contribution in [0.3, 0.4) is 0 Å². The predicted octanol–water partition coefficient (Wildman–Crippen LogP) is 1.42. The summed E-state index contributed by atoms with van der Waals surface area (Å²) in [6.07, 6.45) is 3.89. The number of hydrogen-bond donors (Lipinski definition) is 1. The van der Waals surface area contributed by atoms with Gasteiger partial charge in [-0.05, 0) is 44.8 Å². The third kappa shape index (κ3) is 5.28. The molecule has 0 aromatic rings. The van der Waals surface area contributed by atoms with Gasteiger partial charge in [0.15, 0.2) is 0 Å². The minimum atomic E-state index is 0.289. The van der Waals surface area contributed by atoms with Crippen LogP contribution in [0.2, 0.25) is 0 Å². The van der Waals surface area contributed by atoms with Gasteiger partial charge < -0.3 is 10.0 Å². The average molecular weight is 228 g/mol. The SMILES string of the molecule is CCCN(CCO)CCN1CCC(C)CC1. The Hall–Kier alpha value is -0.120. The molecular formula is C13H28N2O. The molecule has 0 aromatic heterocycles. The van der Waals surface area contributed by atoms with E-state index in [0.717, 1.165) is 25.6 Å². The number of piperidine rings is 1. The van der Waals surface area contributed by atoms with Crippen molar-refractivity contribution >= 4 is 0 Å². The van der Waals surface area contributed by atoms with Gasteiger partial charge in [-0.2, -0.15) is 0 Å². The topological polar surface area (TPSA) is 26.7 Å². The van der Waals surface area contributed by atoms with E-state index in [2.05, 4.69) is 23.6 Å². The first-order valence-corrected chi connectivity index (χ1v) is 6.81. The van der Waals surface area contributed by atoms with Crippen LogP contribution in [-0.2, 0) is 0 Å². The lowest BCUT2D eigenvalue weighted by molar-refractivity contribution is 0.145. The number of aliphatic hydroxyl groups is 1. The van der Waals surface area contributed by atoms with Crippen molar-refractivity contribution in [1.29, 1.82) is 0 Å². The maximum absolute atomic E-state index is 8.98. The molecule has 0 aromatic carbocycles. The molecule has 0 radical (unpaired) electrons. The zero-order valence-corrected chi connectivity index (χ0v) is 11.0. The molecule has 0 aliphatic carbocycles. The van der Waals surface area contributed by atoms with Gasteiger partial charge in [0.25, 0.3) is 0 Å². The maximum Gasteiger partial charge on any atom is 0.0558 e. The number of nitrogens with zero attached hydrogens (tertiary/aromatic N) is 2. The van der Waals surface area contributed by atoms with Gasteiger partial charge in [-0.3, -0.25) is 4.90 Å². The molecule has 0 atom stereocenters. The van der Waals surface area contributed by atoms with Crippen LogP contribution in [-0.4, -0.2) is 60.8 Å². The second-order valence-electron chi connectivity index (χ2n) is 5.09. The quantitative estimate of drug-likeness (QED) is 0.714. The molecule has 0 amide bonds. The fourth-order valence-corrected chi connectivity index (χ4v) is 2.36. The van der Waals surface area contributed by atoms with E-state index in [0.29, 0.717) is 0 Å². The molecule has 1 N–H and O–H groups in total. The van der Waals surface area contributed by atoms with Crippen molar-refractivity contribution in [2.75, 3.05) is 45.9 Å². The predicted molar refractivity (Wildman–Crippen MR) is 68.7 cm³/mol. The third-order valence-corrected chi connectivity index (χ3v) is 3.56. The Bertz CT molecular complexity index is 161. The minimum absolute atomic E-state index is 0.289. The molecule has 0 unspecified atom stereocenters. The van der Waals surface area contributed by atoms with E-state index < -0.39 is 0 Å². The van der Waals surface area contributed by atoms with Crippen molar-refractivity contribution in [2.24, 2.45) is 5.92 Å². The third-order valence-electron chi connectivity index (χ3n) is 3.56. The minimum Gasteiger partial charge on any atom is -0.395 e. The van der Waals surface area contributed by atoms with Crippen LogP contribution in [0.25, 0.3) is 0 Å². The van der Waals surface area contributed by atoms with Gasteiger partial charge in [-0.25, -0.2) is 0 Å². The molecule has 1 aliphatic heterocycles. The maximum atomic E-state index is 8.98. The Kier molecular flexibility index (Phi) is 7.01. The largest absolute Gasteiger partial charge is 0.395 e. The molecule has 1 fully saturated rings. The highest BCUT2D eigenvalue weighted by molar-refractivity contribution is 4.70. The summed E-state index contributed by atoms with van der Waals surface area (Å²) in [5.41, 5.74) is 0. The number of likely N-dealkylation sites (tertiary alicyclic amines) is 1. The summed E-state index contributed by atoms with van der Waals surface area (Å²) >= 11 is 0. The van der Waals surface area contributed by atoms with Crippen LogP contribution in [0.5, 0.6) is 0 Å². The molecule has 0 saturated carbocycles. The molecule has 0 bridgehead atoms. The fourth-order valence-electron chi connectivity index (χ4n) is 2.36. The van der Waals surface area contributed by atoms with Gasteiger partial charge in [-0.15, -0.1) is 0 Å². The first-order valence-electron chi connectivity index (χ1n) is 6.81. The average Bonchev–Trinajstić information content (AvgIpc) is 2.29. The summed E-state index contributed by atoms with van der Waals surface area (Å²) in [6, 6.07) is 0. The highest BCUT2D eigenvalue weighted by Gasteiger charge is 2.15. The normalized spacial score (nSPS) is 19.5. The van der Waals surface area contributed by atoms with E-state index in [1.54, 1.807) is 0 Å². The van der Waals surface area contributed by atoms with Gasteiger partial charge in [0.05, 0.1) is 6.61 Å². The van der Waals surface area contributed by atoms with E-state index >= 15 is 0 Å². The zero-order valence-electron chi connectivity index (χ0n) is 11.0. The Morgan fingerprint density at radius 1 is 1.19 bits per heavy atom. The number of hydrogen-bond acceptors (Lipinski definition) is 3. The van der Waals surface area contributed by atoms with Crippen molar-refractivity contribution in [1.82, 2.24) is 9.80 Å². The molecule has 16 heavy (non-hydrogen) atoms. The summed E-state index contributed by atoms with van der Waals surface area (Å²) in [5.74, 6) is 0.917. The Morgan fingerprint density at radius 2 is 1.88 bits per heavy atom. The second kappa shape index (κ2) is 8.04. The van der Waals surface area contributed by atoms with Crippen molar-refractivity contribution in [3.8, 4) is 0 Å². The molecule has 1 saturated heterocycles. The van der Waals surface area contributed by atoms with Gasteiger partial charge in [0.1, 0.15) is 0 Å². The van der Waals surface area contributed by atoms with E-state index in [1.165, 1.54) is 38.9 Å². The van der Waals surface area contributed by atoms with Crippen LogP contribution < -0.4 is 0 Å². The van der Waals surface area contributed by atoms with Crippen molar-refractivity contribution in [3.63, 3.8) is 0 Å². The molecule has 1 aliphatic rings. The lowest BCUT2D eigenvalue weighted by atomic mass is 9.99. The molecule has 1 heterocycles. The first-order chi connectivity index (χ1) is 7.76. The number of rotatable bonds is 7. The summed E-state index contributed by atoms with van der Waals surface area (Å²) in [7, 11) is 0. The van der Waals surface area contributed by atoms with E-state index in [4.69, 9.17) is 5.11 Å². The highest BCUT2D eigenvalue weighted by atomic mass is 16.3. The van der Waals surface area contributed by atoms with Crippen LogP contribution in [0.1, 0.15) is 33.1 Å². The second-order valence-corrected chi connectivity index (χ2v) is 5.09. The van der Waals surface area contributed by atoms with Crippen molar-refractivity contribution < 1.29 is 5.11 Å². The summed E-state index contributed by atoms with van der Waals surface area (Å²) in [4.78, 5) is 4.94. The molecule has 3 nitrogen and oxygen atoms in total. The monoisotopic (exact) mass is 228 g/mol. The Morgan fingerprint density at radius 3 is 2.44 bits per heavy atom.